The van der Waals surface area contributed by atoms with Gasteiger partial charge in [0.25, 0.3) is 0 Å². The molecular weight excluding hydrogens is 969 g/mol. The van der Waals surface area contributed by atoms with Gasteiger partial charge in [-0.25, -0.2) is 0 Å². The van der Waals surface area contributed by atoms with E-state index in [4.69, 9.17) is 9.97 Å². The largest absolute Gasteiger partial charge is 0.381 e. The first-order chi connectivity index (χ1) is 39.6. The van der Waals surface area contributed by atoms with Crippen LogP contribution in [0.15, 0.2) is 316 Å². The normalized spacial score (nSPS) is 11.6. The lowest BCUT2D eigenvalue weighted by Gasteiger charge is -2.37. The minimum Gasteiger partial charge on any atom is -0.381 e. The summed E-state index contributed by atoms with van der Waals surface area (Å²) in [5.74, 6) is 0. The molecule has 0 saturated carbocycles. The number of rotatable bonds is 16. The monoisotopic (exact) mass is 1030 g/mol. The zero-order valence-corrected chi connectivity index (χ0v) is 44.3. The van der Waals surface area contributed by atoms with Crippen LogP contribution in [0, 0.1) is 0 Å². The summed E-state index contributed by atoms with van der Waals surface area (Å²) in [6.07, 6.45) is 3.95. The fourth-order valence-corrected chi connectivity index (χ4v) is 12.0. The quantitative estimate of drug-likeness (QED) is 0.0748. The van der Waals surface area contributed by atoms with Crippen LogP contribution in [0.3, 0.4) is 0 Å². The van der Waals surface area contributed by atoms with Crippen LogP contribution in [0.5, 0.6) is 0 Å². The fraction of sp³-hybridized carbons (Fsp3) is 0.0526. The number of hydrogen-bond donors (Lipinski definition) is 2. The lowest BCUT2D eigenvalue weighted by atomic mass is 9.65. The van der Waals surface area contributed by atoms with Gasteiger partial charge in [-0.05, 0) is 103 Å². The summed E-state index contributed by atoms with van der Waals surface area (Å²) in [7, 11) is 0. The number of anilines is 2. The molecule has 0 amide bonds. The molecular formula is C76H58N4. The number of benzene rings is 11. The minimum atomic E-state index is -0.472. The lowest BCUT2D eigenvalue weighted by molar-refractivity contribution is 0.745. The Hall–Kier alpha value is -10.2. The highest BCUT2D eigenvalue weighted by atomic mass is 14.9. The highest BCUT2D eigenvalue weighted by molar-refractivity contribution is 6.04. The van der Waals surface area contributed by atoms with Crippen LogP contribution in [0.2, 0.25) is 0 Å². The second-order valence-electron chi connectivity index (χ2n) is 20.6. The molecule has 0 atom stereocenters. The van der Waals surface area contributed by atoms with Gasteiger partial charge in [0.1, 0.15) is 0 Å². The first-order valence-corrected chi connectivity index (χ1v) is 27.5. The molecule has 13 aromatic rings. The average Bonchev–Trinajstić information content (AvgIpc) is 3.57. The van der Waals surface area contributed by atoms with Crippen molar-refractivity contribution in [2.45, 2.75) is 23.9 Å². The van der Waals surface area contributed by atoms with Gasteiger partial charge < -0.3 is 10.6 Å². The third-order valence-electron chi connectivity index (χ3n) is 15.9. The predicted molar refractivity (Wildman–Crippen MR) is 332 cm³/mol. The van der Waals surface area contributed by atoms with Gasteiger partial charge in [0.15, 0.2) is 0 Å². The van der Waals surface area contributed by atoms with E-state index in [9.17, 15) is 0 Å². The van der Waals surface area contributed by atoms with Crippen LogP contribution in [0.4, 0.5) is 11.4 Å². The Bertz CT molecular complexity index is 3690. The second kappa shape index (κ2) is 22.1. The topological polar surface area (TPSA) is 49.8 Å². The highest BCUT2D eigenvalue weighted by Gasteiger charge is 2.39. The zero-order valence-electron chi connectivity index (χ0n) is 44.3. The van der Waals surface area contributed by atoms with Crippen LogP contribution in [0.1, 0.15) is 55.6 Å². The number of hydrogen-bond acceptors (Lipinski definition) is 4. The molecule has 0 aliphatic carbocycles. The van der Waals surface area contributed by atoms with E-state index in [2.05, 4.69) is 314 Å². The van der Waals surface area contributed by atoms with E-state index in [0.29, 0.717) is 13.1 Å². The Morgan fingerprint density at radius 2 is 0.512 bits per heavy atom. The van der Waals surface area contributed by atoms with Gasteiger partial charge >= 0.3 is 0 Å². The third kappa shape index (κ3) is 9.48. The van der Waals surface area contributed by atoms with Crippen LogP contribution in [0.25, 0.3) is 44.1 Å². The summed E-state index contributed by atoms with van der Waals surface area (Å²) in [6, 6.07) is 109. The van der Waals surface area contributed by atoms with Crippen LogP contribution >= 0.6 is 0 Å². The maximum absolute atomic E-state index is 5.00. The number of aromatic nitrogens is 2. The molecule has 4 heteroatoms. The van der Waals surface area contributed by atoms with Crippen molar-refractivity contribution >= 4 is 33.2 Å². The first-order valence-electron chi connectivity index (χ1n) is 27.5. The number of pyridine rings is 2. The molecule has 0 aliphatic heterocycles. The van der Waals surface area contributed by atoms with Crippen molar-refractivity contribution in [2.24, 2.45) is 0 Å². The summed E-state index contributed by atoms with van der Waals surface area (Å²) in [5.41, 5.74) is 19.6. The molecule has 0 saturated heterocycles. The molecule has 2 N–H and O–H groups in total. The van der Waals surface area contributed by atoms with Crippen molar-refractivity contribution in [2.75, 3.05) is 10.6 Å². The van der Waals surface area contributed by atoms with Crippen LogP contribution < -0.4 is 10.6 Å². The Labute approximate surface area is 468 Å². The highest BCUT2D eigenvalue weighted by Crippen LogP contribution is 2.47. The van der Waals surface area contributed by atoms with E-state index in [1.165, 1.54) is 55.6 Å². The predicted octanol–water partition coefficient (Wildman–Crippen LogP) is 18.1. The van der Waals surface area contributed by atoms with Crippen molar-refractivity contribution in [3.05, 3.63) is 371 Å². The summed E-state index contributed by atoms with van der Waals surface area (Å²) < 4.78 is 0. The Balaban J connectivity index is 0.668. The van der Waals surface area contributed by atoms with E-state index in [1.54, 1.807) is 0 Å². The SMILES string of the molecule is c1ccc(C(c2ccccc2)(c2ccccc2)c2ccc(NCc3ccc(-c4cnc5c(ccc6cc(-c7ccc(CNc8ccc(C(c9ccccc9)(c9ccccc9)c9ccccc9)cc8)cc7)cnc65)c4)cc3)cc2)cc1. The summed E-state index contributed by atoms with van der Waals surface area (Å²) >= 11 is 0. The maximum Gasteiger partial charge on any atom is 0.0965 e. The Morgan fingerprint density at radius 1 is 0.250 bits per heavy atom. The average molecular weight is 1030 g/mol. The molecule has 0 aliphatic rings. The minimum absolute atomic E-state index is 0.472. The number of nitrogens with zero attached hydrogens (tertiary/aromatic N) is 2. The lowest BCUT2D eigenvalue weighted by Crippen LogP contribution is -2.30. The molecule has 4 nitrogen and oxygen atoms in total. The molecule has 0 unspecified atom stereocenters. The molecule has 382 valence electrons. The fourth-order valence-electron chi connectivity index (χ4n) is 12.0. The Morgan fingerprint density at radius 3 is 0.787 bits per heavy atom. The van der Waals surface area contributed by atoms with Gasteiger partial charge in [0.2, 0.25) is 0 Å². The molecule has 13 rings (SSSR count). The van der Waals surface area contributed by atoms with E-state index >= 15 is 0 Å². The molecule has 11 aromatic carbocycles. The van der Waals surface area contributed by atoms with Gasteiger partial charge in [-0.3, -0.25) is 9.97 Å². The van der Waals surface area contributed by atoms with E-state index in [-0.39, 0.29) is 0 Å². The van der Waals surface area contributed by atoms with Gasteiger partial charge in [-0.2, -0.15) is 0 Å². The van der Waals surface area contributed by atoms with Gasteiger partial charge in [0.05, 0.1) is 21.9 Å². The molecule has 0 fully saturated rings. The smallest absolute Gasteiger partial charge is 0.0965 e. The first kappa shape index (κ1) is 49.4. The van der Waals surface area contributed by atoms with Gasteiger partial charge in [0, 0.05) is 58.8 Å². The standard InChI is InChI=1S/C76H58N4/c1-7-19-63(20-8-1)75(64-21-9-2-10-22-64,65-23-11-3-12-24-65)69-41-45-71(46-42-69)77-51-55-31-35-57(36-32-55)61-49-59-39-40-60-50-62(54-80-74(60)73(59)79-53-61)58-37-33-56(34-38-58)52-78-72-47-43-70(44-48-72)76(66-25-13-4-14-26-66,67-27-15-5-16-28-67)68-29-17-6-18-30-68/h1-50,53-54,77-78H,51-52H2. The van der Waals surface area contributed by atoms with Gasteiger partial charge in [-0.1, -0.05) is 267 Å². The van der Waals surface area contributed by atoms with Gasteiger partial charge in [-0.15, -0.1) is 0 Å². The summed E-state index contributed by atoms with van der Waals surface area (Å²) in [6.45, 7) is 1.41. The van der Waals surface area contributed by atoms with Crippen molar-refractivity contribution in [3.63, 3.8) is 0 Å². The molecule has 0 radical (unpaired) electrons. The van der Waals surface area contributed by atoms with Crippen molar-refractivity contribution in [3.8, 4) is 22.3 Å². The van der Waals surface area contributed by atoms with E-state index in [0.717, 1.165) is 55.4 Å². The van der Waals surface area contributed by atoms with Crippen molar-refractivity contribution in [1.29, 1.82) is 0 Å². The van der Waals surface area contributed by atoms with Crippen LogP contribution in [-0.4, -0.2) is 9.97 Å². The van der Waals surface area contributed by atoms with Crippen LogP contribution in [-0.2, 0) is 23.9 Å². The zero-order chi connectivity index (χ0) is 53.6. The third-order valence-corrected chi connectivity index (χ3v) is 15.9. The summed E-state index contributed by atoms with van der Waals surface area (Å²) in [5, 5.41) is 9.49. The Kier molecular flexibility index (Phi) is 13.6. The molecule has 2 heterocycles. The molecule has 0 bridgehead atoms. The number of fused-ring (bicyclic) bond motifs is 3. The van der Waals surface area contributed by atoms with Crippen molar-refractivity contribution in [1.82, 2.24) is 9.97 Å². The van der Waals surface area contributed by atoms with E-state index in [1.807, 2.05) is 12.4 Å². The molecule has 2 aromatic heterocycles. The molecule has 80 heavy (non-hydrogen) atoms. The van der Waals surface area contributed by atoms with Crippen molar-refractivity contribution < 1.29 is 0 Å². The maximum atomic E-state index is 5.00. The molecule has 0 spiro atoms. The second-order valence-corrected chi connectivity index (χ2v) is 20.6. The summed E-state index contributed by atoms with van der Waals surface area (Å²) in [4.78, 5) is 10.0. The van der Waals surface area contributed by atoms with E-state index < -0.39 is 10.8 Å². The number of nitrogens with one attached hydrogen (secondary N) is 2.